The maximum absolute atomic E-state index is 12.1. The molecule has 4 heteroatoms. The lowest BCUT2D eigenvalue weighted by Gasteiger charge is -2.17. The third-order valence-corrected chi connectivity index (χ3v) is 4.42. The highest BCUT2D eigenvalue weighted by Crippen LogP contribution is 2.29. The van der Waals surface area contributed by atoms with E-state index in [2.05, 4.69) is 18.3 Å². The quantitative estimate of drug-likeness (QED) is 0.909. The highest BCUT2D eigenvalue weighted by Gasteiger charge is 2.25. The first kappa shape index (κ1) is 13.4. The Balaban J connectivity index is 2.03. The second-order valence-electron chi connectivity index (χ2n) is 4.58. The van der Waals surface area contributed by atoms with E-state index in [1.54, 1.807) is 18.9 Å². The summed E-state index contributed by atoms with van der Waals surface area (Å²) in [6, 6.07) is 8.03. The molecule has 0 spiro atoms. The predicted octanol–water partition coefficient (Wildman–Crippen LogP) is 2.71. The van der Waals surface area contributed by atoms with Gasteiger partial charge in [-0.3, -0.25) is 4.79 Å². The Morgan fingerprint density at radius 1 is 1.50 bits per heavy atom. The standard InChI is InChI=1S/C14H19NO2S/c1-10(9-17-2)18-13-8-7-11-5-3-4-6-12(11)15-14(13)16/h3-6,10,13H,7-9H2,1-2H3,(H,15,16). The minimum atomic E-state index is 0.0162. The number of hydrogen-bond donors (Lipinski definition) is 1. The van der Waals surface area contributed by atoms with Crippen molar-refractivity contribution >= 4 is 23.4 Å². The molecule has 18 heavy (non-hydrogen) atoms. The van der Waals surface area contributed by atoms with Crippen LogP contribution < -0.4 is 5.32 Å². The monoisotopic (exact) mass is 265 g/mol. The summed E-state index contributed by atoms with van der Waals surface area (Å²) < 4.78 is 5.12. The van der Waals surface area contributed by atoms with Crippen molar-refractivity contribution < 1.29 is 9.53 Å². The van der Waals surface area contributed by atoms with Crippen molar-refractivity contribution in [3.63, 3.8) is 0 Å². The van der Waals surface area contributed by atoms with Gasteiger partial charge in [0.2, 0.25) is 5.91 Å². The number of ether oxygens (including phenoxy) is 1. The molecule has 1 N–H and O–H groups in total. The van der Waals surface area contributed by atoms with Gasteiger partial charge in [0.1, 0.15) is 0 Å². The van der Waals surface area contributed by atoms with Gasteiger partial charge in [0.15, 0.2) is 0 Å². The number of amides is 1. The number of rotatable bonds is 4. The van der Waals surface area contributed by atoms with Crippen LogP contribution in [0.25, 0.3) is 0 Å². The molecular formula is C14H19NO2S. The molecule has 0 aliphatic carbocycles. The molecule has 98 valence electrons. The van der Waals surface area contributed by atoms with Gasteiger partial charge in [0, 0.05) is 18.0 Å². The second-order valence-corrected chi connectivity index (χ2v) is 6.22. The van der Waals surface area contributed by atoms with E-state index in [1.165, 1.54) is 5.56 Å². The highest BCUT2D eigenvalue weighted by molar-refractivity contribution is 8.01. The smallest absolute Gasteiger partial charge is 0.237 e. The summed E-state index contributed by atoms with van der Waals surface area (Å²) in [5.41, 5.74) is 2.19. The van der Waals surface area contributed by atoms with Crippen LogP contribution in [0.1, 0.15) is 18.9 Å². The van der Waals surface area contributed by atoms with E-state index in [4.69, 9.17) is 4.74 Å². The lowest BCUT2D eigenvalue weighted by Crippen LogP contribution is -2.26. The van der Waals surface area contributed by atoms with Gasteiger partial charge < -0.3 is 10.1 Å². The summed E-state index contributed by atoms with van der Waals surface area (Å²) in [6.45, 7) is 2.78. The van der Waals surface area contributed by atoms with Gasteiger partial charge >= 0.3 is 0 Å². The summed E-state index contributed by atoms with van der Waals surface area (Å²) in [5.74, 6) is 0.118. The Hall–Kier alpha value is -1.00. The number of aryl methyl sites for hydroxylation is 1. The van der Waals surface area contributed by atoms with Gasteiger partial charge in [0.05, 0.1) is 11.9 Å². The minimum Gasteiger partial charge on any atom is -0.384 e. The average molecular weight is 265 g/mol. The van der Waals surface area contributed by atoms with Gasteiger partial charge in [-0.2, -0.15) is 0 Å². The van der Waals surface area contributed by atoms with E-state index >= 15 is 0 Å². The number of carbonyl (C=O) groups excluding carboxylic acids is 1. The van der Waals surface area contributed by atoms with Crippen molar-refractivity contribution in [1.29, 1.82) is 0 Å². The van der Waals surface area contributed by atoms with E-state index < -0.39 is 0 Å². The summed E-state index contributed by atoms with van der Waals surface area (Å²) >= 11 is 1.70. The normalized spacial score (nSPS) is 20.8. The number of nitrogens with one attached hydrogen (secondary N) is 1. The molecule has 2 atom stereocenters. The zero-order valence-corrected chi connectivity index (χ0v) is 11.6. The minimum absolute atomic E-state index is 0.0162. The first-order chi connectivity index (χ1) is 8.70. The third-order valence-electron chi connectivity index (χ3n) is 3.04. The molecule has 3 nitrogen and oxygen atoms in total. The summed E-state index contributed by atoms with van der Waals surface area (Å²) in [4.78, 5) is 12.1. The molecule has 1 amide bonds. The summed E-state index contributed by atoms with van der Waals surface area (Å²) in [6.07, 6.45) is 1.84. The molecule has 0 aromatic heterocycles. The van der Waals surface area contributed by atoms with Crippen molar-refractivity contribution in [3.8, 4) is 0 Å². The van der Waals surface area contributed by atoms with Crippen LogP contribution >= 0.6 is 11.8 Å². The van der Waals surface area contributed by atoms with Gasteiger partial charge in [-0.15, -0.1) is 11.8 Å². The topological polar surface area (TPSA) is 38.3 Å². The molecule has 2 rings (SSSR count). The van der Waals surface area contributed by atoms with Crippen LogP contribution in [0.2, 0.25) is 0 Å². The molecule has 1 heterocycles. The molecule has 2 unspecified atom stereocenters. The SMILES string of the molecule is COCC(C)SC1CCc2ccccc2NC1=O. The highest BCUT2D eigenvalue weighted by atomic mass is 32.2. The summed E-state index contributed by atoms with van der Waals surface area (Å²) in [7, 11) is 1.69. The predicted molar refractivity (Wildman–Crippen MR) is 76.1 cm³/mol. The molecule has 0 saturated carbocycles. The molecule has 1 aromatic carbocycles. The van der Waals surface area contributed by atoms with Crippen LogP contribution in [0.15, 0.2) is 24.3 Å². The number of benzene rings is 1. The van der Waals surface area contributed by atoms with Crippen molar-refractivity contribution in [1.82, 2.24) is 0 Å². The van der Waals surface area contributed by atoms with Crippen LogP contribution in [0, 0.1) is 0 Å². The summed E-state index contributed by atoms with van der Waals surface area (Å²) in [5, 5.41) is 3.38. The molecule has 0 fully saturated rings. The van der Waals surface area contributed by atoms with Gasteiger partial charge in [-0.1, -0.05) is 25.1 Å². The maximum Gasteiger partial charge on any atom is 0.237 e. The van der Waals surface area contributed by atoms with E-state index in [-0.39, 0.29) is 11.2 Å². The zero-order chi connectivity index (χ0) is 13.0. The van der Waals surface area contributed by atoms with E-state index in [0.29, 0.717) is 11.9 Å². The van der Waals surface area contributed by atoms with Crippen molar-refractivity contribution in [2.75, 3.05) is 19.0 Å². The number of hydrogen-bond acceptors (Lipinski definition) is 3. The van der Waals surface area contributed by atoms with Gasteiger partial charge in [0.25, 0.3) is 0 Å². The Morgan fingerprint density at radius 3 is 3.06 bits per heavy atom. The molecule has 0 saturated heterocycles. The number of anilines is 1. The lowest BCUT2D eigenvalue weighted by molar-refractivity contribution is -0.115. The molecule has 0 radical (unpaired) electrons. The van der Waals surface area contributed by atoms with E-state index in [1.807, 2.05) is 18.2 Å². The zero-order valence-electron chi connectivity index (χ0n) is 10.8. The van der Waals surface area contributed by atoms with E-state index in [0.717, 1.165) is 18.5 Å². The first-order valence-corrected chi connectivity index (χ1v) is 7.18. The fraction of sp³-hybridized carbons (Fsp3) is 0.500. The van der Waals surface area contributed by atoms with Gasteiger partial charge in [-0.05, 0) is 24.5 Å². The van der Waals surface area contributed by atoms with Crippen LogP contribution in [0.4, 0.5) is 5.69 Å². The number of methoxy groups -OCH3 is 1. The maximum atomic E-state index is 12.1. The molecule has 1 aromatic rings. The molecular weight excluding hydrogens is 246 g/mol. The third kappa shape index (κ3) is 3.27. The Kier molecular flexibility index (Phi) is 4.66. The van der Waals surface area contributed by atoms with Crippen LogP contribution in [0.5, 0.6) is 0 Å². The van der Waals surface area contributed by atoms with Gasteiger partial charge in [-0.25, -0.2) is 0 Å². The lowest BCUT2D eigenvalue weighted by atomic mass is 10.1. The second kappa shape index (κ2) is 6.25. The largest absolute Gasteiger partial charge is 0.384 e. The number of para-hydroxylation sites is 1. The molecule has 1 aliphatic rings. The Labute approximate surface area is 112 Å². The fourth-order valence-corrected chi connectivity index (χ4v) is 3.39. The van der Waals surface area contributed by atoms with E-state index in [9.17, 15) is 4.79 Å². The van der Waals surface area contributed by atoms with Crippen molar-refractivity contribution in [2.24, 2.45) is 0 Å². The van der Waals surface area contributed by atoms with Crippen LogP contribution in [-0.4, -0.2) is 30.1 Å². The first-order valence-electron chi connectivity index (χ1n) is 6.24. The van der Waals surface area contributed by atoms with Crippen LogP contribution in [-0.2, 0) is 16.0 Å². The average Bonchev–Trinajstić information content (AvgIpc) is 2.50. The Morgan fingerprint density at radius 2 is 2.28 bits per heavy atom. The number of carbonyl (C=O) groups is 1. The number of fused-ring (bicyclic) bond motifs is 1. The van der Waals surface area contributed by atoms with Crippen LogP contribution in [0.3, 0.4) is 0 Å². The molecule has 1 aliphatic heterocycles. The van der Waals surface area contributed by atoms with Crippen molar-refractivity contribution in [3.05, 3.63) is 29.8 Å². The van der Waals surface area contributed by atoms with Crippen molar-refractivity contribution in [2.45, 2.75) is 30.3 Å². The Bertz CT molecular complexity index is 422. The fourth-order valence-electron chi connectivity index (χ4n) is 2.18. The molecule has 0 bridgehead atoms. The number of thioether (sulfide) groups is 1.